The van der Waals surface area contributed by atoms with Gasteiger partial charge in [-0.3, -0.25) is 9.59 Å². The summed E-state index contributed by atoms with van der Waals surface area (Å²) in [6.45, 7) is 2.03. The lowest BCUT2D eigenvalue weighted by atomic mass is 9.99. The monoisotopic (exact) mass is 370 g/mol. The van der Waals surface area contributed by atoms with Crippen LogP contribution in [0.2, 0.25) is 5.02 Å². The summed E-state index contributed by atoms with van der Waals surface area (Å²) in [5.41, 5.74) is 0.554. The molecule has 1 atom stereocenters. The van der Waals surface area contributed by atoms with E-state index in [0.29, 0.717) is 21.5 Å². The number of Topliss-reactive ketones (excluding diaryl/α,β-unsaturated/α-hetero) is 1. The molecule has 1 aromatic carbocycles. The third-order valence-corrected chi connectivity index (χ3v) is 4.71. The van der Waals surface area contributed by atoms with E-state index in [-0.39, 0.29) is 16.8 Å². The molecule has 0 aromatic heterocycles. The van der Waals surface area contributed by atoms with Crippen molar-refractivity contribution in [3.05, 3.63) is 51.5 Å². The summed E-state index contributed by atoms with van der Waals surface area (Å²) in [7, 11) is 0. The van der Waals surface area contributed by atoms with E-state index in [4.69, 9.17) is 11.6 Å². The van der Waals surface area contributed by atoms with Gasteiger partial charge in [-0.15, -0.1) is 11.8 Å². The summed E-state index contributed by atoms with van der Waals surface area (Å²) in [5, 5.41) is 0.893. The first-order chi connectivity index (χ1) is 9.45. The van der Waals surface area contributed by atoms with E-state index < -0.39 is 0 Å². The molecule has 2 nitrogen and oxygen atoms in total. The molecule has 1 aromatic rings. The van der Waals surface area contributed by atoms with E-state index in [1.165, 1.54) is 12.2 Å². The van der Waals surface area contributed by atoms with Crippen molar-refractivity contribution < 1.29 is 9.59 Å². The van der Waals surface area contributed by atoms with Crippen LogP contribution in [0.25, 0.3) is 0 Å². The van der Waals surface area contributed by atoms with Gasteiger partial charge in [0.15, 0.2) is 11.6 Å². The van der Waals surface area contributed by atoms with Crippen LogP contribution in [0.5, 0.6) is 0 Å². The van der Waals surface area contributed by atoms with Crippen molar-refractivity contribution in [3.8, 4) is 0 Å². The first kappa shape index (κ1) is 15.5. The number of hydrogen-bond donors (Lipinski definition) is 0. The number of rotatable bonds is 4. The molecule has 1 aliphatic carbocycles. The molecule has 0 heterocycles. The van der Waals surface area contributed by atoms with Crippen LogP contribution in [0.3, 0.4) is 0 Å². The number of hydrogen-bond acceptors (Lipinski definition) is 3. The zero-order valence-corrected chi connectivity index (χ0v) is 13.9. The normalized spacial score (nSPS) is 16.8. The van der Waals surface area contributed by atoms with Gasteiger partial charge in [0.05, 0.1) is 4.48 Å². The van der Waals surface area contributed by atoms with E-state index >= 15 is 0 Å². The Morgan fingerprint density at radius 2 is 1.85 bits per heavy atom. The maximum absolute atomic E-state index is 11.9. The van der Waals surface area contributed by atoms with E-state index in [1.54, 1.807) is 11.8 Å². The molecule has 0 aliphatic heterocycles. The first-order valence-electron chi connectivity index (χ1n) is 6.04. The second kappa shape index (κ2) is 6.74. The van der Waals surface area contributed by atoms with Crippen LogP contribution < -0.4 is 0 Å². The van der Waals surface area contributed by atoms with Gasteiger partial charge in [0.2, 0.25) is 0 Å². The number of allylic oxidation sites excluding steroid dienone is 4. The molecule has 0 radical (unpaired) electrons. The lowest BCUT2D eigenvalue weighted by Crippen LogP contribution is -2.14. The van der Waals surface area contributed by atoms with Gasteiger partial charge in [-0.25, -0.2) is 0 Å². The van der Waals surface area contributed by atoms with Crippen LogP contribution in [-0.4, -0.2) is 16.8 Å². The Hall–Kier alpha value is -0.840. The quantitative estimate of drug-likeness (QED) is 0.574. The number of carbonyl (C=O) groups is 2. The van der Waals surface area contributed by atoms with E-state index in [1.807, 2.05) is 31.2 Å². The average Bonchev–Trinajstić information content (AvgIpc) is 2.38. The second-order valence-electron chi connectivity index (χ2n) is 4.48. The Bertz CT molecular complexity index is 605. The molecule has 2 rings (SSSR count). The molecular weight excluding hydrogens is 360 g/mol. The lowest BCUT2D eigenvalue weighted by molar-refractivity contribution is -0.114. The van der Waals surface area contributed by atoms with Crippen LogP contribution in [-0.2, 0) is 9.59 Å². The van der Waals surface area contributed by atoms with Crippen LogP contribution in [0, 0.1) is 0 Å². The maximum Gasteiger partial charge on any atom is 0.196 e. The van der Waals surface area contributed by atoms with Crippen molar-refractivity contribution in [3.63, 3.8) is 0 Å². The maximum atomic E-state index is 11.9. The summed E-state index contributed by atoms with van der Waals surface area (Å²) in [6, 6.07) is 7.57. The Labute approximate surface area is 135 Å². The van der Waals surface area contributed by atoms with Crippen LogP contribution >= 0.6 is 39.3 Å². The minimum atomic E-state index is -0.143. The first-order valence-corrected chi connectivity index (χ1v) is 8.09. The van der Waals surface area contributed by atoms with Crippen LogP contribution in [0.1, 0.15) is 13.3 Å². The molecule has 0 saturated heterocycles. The minimum absolute atomic E-state index is 0.104. The SMILES string of the molecule is CC(CC1=CC(=O)C=C(Br)C1=O)Sc1ccc(Cl)cc1. The van der Waals surface area contributed by atoms with Gasteiger partial charge in [0.1, 0.15) is 0 Å². The minimum Gasteiger partial charge on any atom is -0.290 e. The smallest absolute Gasteiger partial charge is 0.196 e. The molecule has 0 fully saturated rings. The third-order valence-electron chi connectivity index (χ3n) is 2.75. The standard InChI is InChI=1S/C15H12BrClO2S/c1-9(20-13-4-2-11(17)3-5-13)6-10-7-12(18)8-14(16)15(10)19/h2-5,7-9H,6H2,1H3. The fourth-order valence-electron chi connectivity index (χ4n) is 1.87. The van der Waals surface area contributed by atoms with Crippen molar-refractivity contribution in [1.29, 1.82) is 0 Å². The Balaban J connectivity index is 2.01. The molecule has 0 bridgehead atoms. The summed E-state index contributed by atoms with van der Waals surface area (Å²) in [5.74, 6) is -0.247. The predicted molar refractivity (Wildman–Crippen MR) is 86.5 cm³/mol. The predicted octanol–water partition coefficient (Wildman–Crippen LogP) is 4.57. The van der Waals surface area contributed by atoms with Crippen LogP contribution in [0.15, 0.2) is 51.4 Å². The Morgan fingerprint density at radius 1 is 1.20 bits per heavy atom. The zero-order chi connectivity index (χ0) is 14.7. The van der Waals surface area contributed by atoms with Gasteiger partial charge in [-0.2, -0.15) is 0 Å². The van der Waals surface area contributed by atoms with Crippen molar-refractivity contribution in [1.82, 2.24) is 0 Å². The van der Waals surface area contributed by atoms with Crippen molar-refractivity contribution in [2.45, 2.75) is 23.5 Å². The molecule has 104 valence electrons. The van der Waals surface area contributed by atoms with Gasteiger partial charge < -0.3 is 0 Å². The highest BCUT2D eigenvalue weighted by molar-refractivity contribution is 9.12. The van der Waals surface area contributed by atoms with Gasteiger partial charge in [-0.05, 0) is 52.7 Å². The molecule has 0 saturated carbocycles. The van der Waals surface area contributed by atoms with E-state index in [2.05, 4.69) is 15.9 Å². The molecule has 1 unspecified atom stereocenters. The topological polar surface area (TPSA) is 34.1 Å². The molecule has 0 N–H and O–H groups in total. The lowest BCUT2D eigenvalue weighted by Gasteiger charge is -2.15. The largest absolute Gasteiger partial charge is 0.290 e. The van der Waals surface area contributed by atoms with Gasteiger partial charge in [0.25, 0.3) is 0 Å². The fraction of sp³-hybridized carbons (Fsp3) is 0.200. The van der Waals surface area contributed by atoms with Crippen molar-refractivity contribution in [2.75, 3.05) is 0 Å². The van der Waals surface area contributed by atoms with Gasteiger partial charge in [-0.1, -0.05) is 18.5 Å². The summed E-state index contributed by atoms with van der Waals surface area (Å²) in [6.07, 6.45) is 3.29. The summed E-state index contributed by atoms with van der Waals surface area (Å²) >= 11 is 10.6. The van der Waals surface area contributed by atoms with E-state index in [0.717, 1.165) is 4.90 Å². The Morgan fingerprint density at radius 3 is 2.50 bits per heavy atom. The summed E-state index contributed by atoms with van der Waals surface area (Å²) in [4.78, 5) is 24.5. The average molecular weight is 372 g/mol. The molecule has 1 aliphatic rings. The summed E-state index contributed by atoms with van der Waals surface area (Å²) < 4.78 is 0.337. The highest BCUT2D eigenvalue weighted by Crippen LogP contribution is 2.30. The number of halogens is 2. The number of thioether (sulfide) groups is 1. The fourth-order valence-corrected chi connectivity index (χ4v) is 3.50. The molecular formula is C15H12BrClO2S. The number of ketones is 2. The highest BCUT2D eigenvalue weighted by atomic mass is 79.9. The third kappa shape index (κ3) is 4.08. The molecule has 0 amide bonds. The molecule has 20 heavy (non-hydrogen) atoms. The Kier molecular flexibility index (Phi) is 5.24. The van der Waals surface area contributed by atoms with Crippen molar-refractivity contribution >= 4 is 50.9 Å². The number of carbonyl (C=O) groups excluding carboxylic acids is 2. The van der Waals surface area contributed by atoms with Crippen molar-refractivity contribution in [2.24, 2.45) is 0 Å². The van der Waals surface area contributed by atoms with Gasteiger partial charge in [0, 0.05) is 26.8 Å². The van der Waals surface area contributed by atoms with Gasteiger partial charge >= 0.3 is 0 Å². The molecule has 0 spiro atoms. The molecule has 5 heteroatoms. The zero-order valence-electron chi connectivity index (χ0n) is 10.7. The van der Waals surface area contributed by atoms with E-state index in [9.17, 15) is 9.59 Å². The highest BCUT2D eigenvalue weighted by Gasteiger charge is 2.21. The van der Waals surface area contributed by atoms with Crippen LogP contribution in [0.4, 0.5) is 0 Å². The second-order valence-corrected chi connectivity index (χ2v) is 7.28. The number of benzene rings is 1.